The van der Waals surface area contributed by atoms with Crippen LogP contribution >= 0.6 is 24.0 Å². The topological polar surface area (TPSA) is 53.6 Å². The minimum absolute atomic E-state index is 0. The largest absolute Gasteiger partial charge is 0.370 e. The number of aryl methyl sites for hydroxylation is 2. The number of benzene rings is 2. The fourth-order valence-electron chi connectivity index (χ4n) is 2.64. The molecular weight excluding hydrogens is 423 g/mol. The summed E-state index contributed by atoms with van der Waals surface area (Å²) in [6.45, 7) is 4.84. The van der Waals surface area contributed by atoms with Gasteiger partial charge in [-0.15, -0.1) is 24.0 Å². The van der Waals surface area contributed by atoms with Gasteiger partial charge in [0.25, 0.3) is 0 Å². The standard InChI is InChI=1S/C20H28N4.HI/c1-5-16-9-11-17(12-10-16)19(24(3)4)14-22-20(21)23-18-8-6-7-15(2)13-18;/h6-13,19H,5,14H2,1-4H3,(H3,21,22,23);1H. The highest BCUT2D eigenvalue weighted by molar-refractivity contribution is 14.0. The maximum absolute atomic E-state index is 6.05. The average Bonchev–Trinajstić information content (AvgIpc) is 2.55. The van der Waals surface area contributed by atoms with Crippen molar-refractivity contribution < 1.29 is 0 Å². The summed E-state index contributed by atoms with van der Waals surface area (Å²) < 4.78 is 0. The van der Waals surface area contributed by atoms with Crippen LogP contribution in [0.15, 0.2) is 53.5 Å². The molecule has 1 unspecified atom stereocenters. The first-order valence-corrected chi connectivity index (χ1v) is 8.38. The maximum Gasteiger partial charge on any atom is 0.193 e. The van der Waals surface area contributed by atoms with Crippen LogP contribution in [0.5, 0.6) is 0 Å². The van der Waals surface area contributed by atoms with Crippen molar-refractivity contribution >= 4 is 35.6 Å². The van der Waals surface area contributed by atoms with E-state index < -0.39 is 0 Å². The van der Waals surface area contributed by atoms with Crippen molar-refractivity contribution in [3.8, 4) is 0 Å². The summed E-state index contributed by atoms with van der Waals surface area (Å²) in [5, 5.41) is 3.16. The van der Waals surface area contributed by atoms with Crippen molar-refractivity contribution in [3.05, 3.63) is 65.2 Å². The number of rotatable bonds is 6. The molecule has 2 aromatic carbocycles. The first-order chi connectivity index (χ1) is 11.5. The maximum atomic E-state index is 6.05. The Balaban J connectivity index is 0.00000312. The van der Waals surface area contributed by atoms with Crippen LogP contribution in [0.3, 0.4) is 0 Å². The number of nitrogens with two attached hydrogens (primary N) is 1. The van der Waals surface area contributed by atoms with Crippen LogP contribution < -0.4 is 11.1 Å². The summed E-state index contributed by atoms with van der Waals surface area (Å²) >= 11 is 0. The fourth-order valence-corrected chi connectivity index (χ4v) is 2.64. The molecule has 0 amide bonds. The molecule has 0 aliphatic carbocycles. The minimum Gasteiger partial charge on any atom is -0.370 e. The molecule has 0 fully saturated rings. The molecule has 0 aliphatic heterocycles. The second-order valence-electron chi connectivity index (χ2n) is 6.29. The van der Waals surface area contributed by atoms with Gasteiger partial charge in [-0.25, -0.2) is 0 Å². The number of guanidine groups is 1. The third kappa shape index (κ3) is 6.66. The zero-order chi connectivity index (χ0) is 17.5. The SMILES string of the molecule is CCc1ccc(C(CN=C(N)Nc2cccc(C)c2)N(C)C)cc1.I. The third-order valence-electron chi connectivity index (χ3n) is 4.12. The van der Waals surface area contributed by atoms with E-state index in [9.17, 15) is 0 Å². The van der Waals surface area contributed by atoms with Crippen LogP contribution in [0.25, 0.3) is 0 Å². The quantitative estimate of drug-likeness (QED) is 0.393. The van der Waals surface area contributed by atoms with E-state index in [4.69, 9.17) is 5.73 Å². The molecule has 0 saturated heterocycles. The number of hydrogen-bond acceptors (Lipinski definition) is 2. The molecule has 0 radical (unpaired) electrons. The number of halogens is 1. The Morgan fingerprint density at radius 1 is 1.16 bits per heavy atom. The fraction of sp³-hybridized carbons (Fsp3) is 0.350. The second kappa shape index (κ2) is 10.4. The van der Waals surface area contributed by atoms with Crippen LogP contribution in [-0.4, -0.2) is 31.5 Å². The van der Waals surface area contributed by atoms with Crippen molar-refractivity contribution in [2.45, 2.75) is 26.3 Å². The molecule has 136 valence electrons. The van der Waals surface area contributed by atoms with E-state index in [1.54, 1.807) is 0 Å². The lowest BCUT2D eigenvalue weighted by molar-refractivity contribution is 0.306. The summed E-state index contributed by atoms with van der Waals surface area (Å²) in [5.74, 6) is 0.442. The lowest BCUT2D eigenvalue weighted by atomic mass is 10.0. The van der Waals surface area contributed by atoms with Gasteiger partial charge in [0.15, 0.2) is 5.96 Å². The van der Waals surface area contributed by atoms with Gasteiger partial charge in [0.1, 0.15) is 0 Å². The zero-order valence-electron chi connectivity index (χ0n) is 15.5. The van der Waals surface area contributed by atoms with E-state index in [1.807, 2.05) is 12.1 Å². The van der Waals surface area contributed by atoms with E-state index in [2.05, 4.69) is 79.6 Å². The molecule has 5 heteroatoms. The Morgan fingerprint density at radius 3 is 2.40 bits per heavy atom. The van der Waals surface area contributed by atoms with Crippen LogP contribution in [0, 0.1) is 6.92 Å². The monoisotopic (exact) mass is 452 g/mol. The lowest BCUT2D eigenvalue weighted by Crippen LogP contribution is -2.27. The molecule has 0 spiro atoms. The van der Waals surface area contributed by atoms with Gasteiger partial charge >= 0.3 is 0 Å². The van der Waals surface area contributed by atoms with Crippen molar-refractivity contribution in [3.63, 3.8) is 0 Å². The van der Waals surface area contributed by atoms with Gasteiger partial charge in [-0.3, -0.25) is 4.99 Å². The molecule has 0 bridgehead atoms. The number of anilines is 1. The number of aliphatic imine (C=N–C) groups is 1. The highest BCUT2D eigenvalue weighted by atomic mass is 127. The lowest BCUT2D eigenvalue weighted by Gasteiger charge is -2.23. The number of nitrogens with one attached hydrogen (secondary N) is 1. The molecule has 25 heavy (non-hydrogen) atoms. The molecule has 2 rings (SSSR count). The smallest absolute Gasteiger partial charge is 0.193 e. The number of likely N-dealkylation sites (N-methyl/N-ethyl adjacent to an activating group) is 1. The Hall–Kier alpha value is -1.60. The molecule has 0 aliphatic rings. The first kappa shape index (κ1) is 21.4. The van der Waals surface area contributed by atoms with E-state index in [-0.39, 0.29) is 30.0 Å². The Labute approximate surface area is 168 Å². The minimum atomic E-state index is 0. The zero-order valence-corrected chi connectivity index (χ0v) is 17.8. The van der Waals surface area contributed by atoms with E-state index in [0.717, 1.165) is 12.1 Å². The van der Waals surface area contributed by atoms with Crippen LogP contribution in [0.4, 0.5) is 5.69 Å². The molecular formula is C20H29IN4. The molecule has 0 heterocycles. The van der Waals surface area contributed by atoms with Gasteiger partial charge in [-0.05, 0) is 56.3 Å². The van der Waals surface area contributed by atoms with Crippen molar-refractivity contribution in [1.82, 2.24) is 4.90 Å². The summed E-state index contributed by atoms with van der Waals surface area (Å²) in [6, 6.07) is 17.0. The predicted octanol–water partition coefficient (Wildman–Crippen LogP) is 4.20. The Kier molecular flexibility index (Phi) is 8.92. The van der Waals surface area contributed by atoms with Gasteiger partial charge in [0, 0.05) is 5.69 Å². The molecule has 4 nitrogen and oxygen atoms in total. The Morgan fingerprint density at radius 2 is 1.84 bits per heavy atom. The van der Waals surface area contributed by atoms with Gasteiger partial charge in [-0.1, -0.05) is 43.3 Å². The average molecular weight is 452 g/mol. The molecule has 2 aromatic rings. The van der Waals surface area contributed by atoms with E-state index in [0.29, 0.717) is 12.5 Å². The molecule has 1 atom stereocenters. The van der Waals surface area contributed by atoms with Gasteiger partial charge in [-0.2, -0.15) is 0 Å². The van der Waals surface area contributed by atoms with Crippen LogP contribution in [0.1, 0.15) is 29.7 Å². The summed E-state index contributed by atoms with van der Waals surface area (Å²) in [5.41, 5.74) is 10.8. The van der Waals surface area contributed by atoms with Gasteiger partial charge in [0.05, 0.1) is 12.6 Å². The highest BCUT2D eigenvalue weighted by Crippen LogP contribution is 2.19. The molecule has 3 N–H and O–H groups in total. The summed E-state index contributed by atoms with van der Waals surface area (Å²) in [6.07, 6.45) is 1.05. The van der Waals surface area contributed by atoms with Gasteiger partial charge < -0.3 is 16.0 Å². The summed E-state index contributed by atoms with van der Waals surface area (Å²) in [4.78, 5) is 6.70. The molecule has 0 saturated carbocycles. The van der Waals surface area contributed by atoms with Crippen LogP contribution in [-0.2, 0) is 6.42 Å². The van der Waals surface area contributed by atoms with Gasteiger partial charge in [0.2, 0.25) is 0 Å². The van der Waals surface area contributed by atoms with E-state index >= 15 is 0 Å². The summed E-state index contributed by atoms with van der Waals surface area (Å²) in [7, 11) is 4.14. The van der Waals surface area contributed by atoms with Crippen molar-refractivity contribution in [1.29, 1.82) is 0 Å². The first-order valence-electron chi connectivity index (χ1n) is 8.38. The van der Waals surface area contributed by atoms with Crippen molar-refractivity contribution in [2.24, 2.45) is 10.7 Å². The number of hydrogen-bond donors (Lipinski definition) is 2. The predicted molar refractivity (Wildman–Crippen MR) is 119 cm³/mol. The van der Waals surface area contributed by atoms with E-state index in [1.165, 1.54) is 16.7 Å². The Bertz CT molecular complexity index is 680. The van der Waals surface area contributed by atoms with Crippen molar-refractivity contribution in [2.75, 3.05) is 26.0 Å². The number of nitrogens with zero attached hydrogens (tertiary/aromatic N) is 2. The van der Waals surface area contributed by atoms with Crippen LogP contribution in [0.2, 0.25) is 0 Å². The second-order valence-corrected chi connectivity index (χ2v) is 6.29. The normalized spacial score (nSPS) is 12.6. The molecule has 0 aromatic heterocycles. The highest BCUT2D eigenvalue weighted by Gasteiger charge is 2.13. The third-order valence-corrected chi connectivity index (χ3v) is 4.12.